The van der Waals surface area contributed by atoms with Crippen molar-refractivity contribution in [3.8, 4) is 0 Å². The second-order valence-electron chi connectivity index (χ2n) is 2.22. The smallest absolute Gasteiger partial charge is 0.219 e. The standard InChI is InChI=1S/C7H8N2OS/c1-4-2-6(8)5(3-9-4)7(10)11/h2-3H,1H3,(H2,8,9)(H,10,11). The minimum absolute atomic E-state index is 0.352. The fraction of sp³-hybridized carbons (Fsp3) is 0.143. The Morgan fingerprint density at radius 3 is 2.82 bits per heavy atom. The highest BCUT2D eigenvalue weighted by Crippen LogP contribution is 2.12. The van der Waals surface area contributed by atoms with Gasteiger partial charge in [0, 0.05) is 17.6 Å². The van der Waals surface area contributed by atoms with Gasteiger partial charge in [-0.05, 0) is 13.0 Å². The van der Waals surface area contributed by atoms with Crippen LogP contribution in [0.2, 0.25) is 0 Å². The highest BCUT2D eigenvalue weighted by Gasteiger charge is 2.04. The molecular formula is C7H8N2OS. The van der Waals surface area contributed by atoms with Crippen LogP contribution in [0.5, 0.6) is 0 Å². The molecule has 0 spiro atoms. The summed E-state index contributed by atoms with van der Waals surface area (Å²) >= 11 is 3.63. The molecule has 1 aromatic heterocycles. The van der Waals surface area contributed by atoms with Crippen LogP contribution in [0, 0.1) is 6.92 Å². The normalized spacial score (nSPS) is 9.64. The van der Waals surface area contributed by atoms with Gasteiger partial charge in [0.15, 0.2) is 0 Å². The van der Waals surface area contributed by atoms with E-state index in [9.17, 15) is 4.79 Å². The van der Waals surface area contributed by atoms with Gasteiger partial charge in [0.25, 0.3) is 0 Å². The van der Waals surface area contributed by atoms with E-state index in [1.165, 1.54) is 6.20 Å². The Kier molecular flexibility index (Phi) is 2.14. The Morgan fingerprint density at radius 1 is 1.73 bits per heavy atom. The van der Waals surface area contributed by atoms with Gasteiger partial charge in [-0.15, -0.1) is 12.6 Å². The minimum Gasteiger partial charge on any atom is -0.398 e. The number of nitrogens with two attached hydrogens (primary N) is 1. The first-order valence-electron chi connectivity index (χ1n) is 3.06. The summed E-state index contributed by atoms with van der Waals surface area (Å²) < 4.78 is 0. The lowest BCUT2D eigenvalue weighted by molar-refractivity contribution is 0.109. The van der Waals surface area contributed by atoms with Crippen molar-refractivity contribution in [3.05, 3.63) is 23.5 Å². The number of hydrogen-bond acceptors (Lipinski definition) is 3. The maximum absolute atomic E-state index is 10.7. The van der Waals surface area contributed by atoms with Crippen LogP contribution in [0.1, 0.15) is 16.1 Å². The lowest BCUT2D eigenvalue weighted by Gasteiger charge is -1.99. The van der Waals surface area contributed by atoms with Crippen molar-refractivity contribution in [2.24, 2.45) is 0 Å². The third kappa shape index (κ3) is 1.71. The van der Waals surface area contributed by atoms with Crippen LogP contribution >= 0.6 is 12.6 Å². The van der Waals surface area contributed by atoms with E-state index >= 15 is 0 Å². The number of thiol groups is 1. The van der Waals surface area contributed by atoms with E-state index < -0.39 is 0 Å². The summed E-state index contributed by atoms with van der Waals surface area (Å²) in [5, 5.41) is -0.352. The van der Waals surface area contributed by atoms with Gasteiger partial charge in [0.1, 0.15) is 0 Å². The van der Waals surface area contributed by atoms with Crippen molar-refractivity contribution in [1.82, 2.24) is 4.98 Å². The summed E-state index contributed by atoms with van der Waals surface area (Å²) in [5.74, 6) is 0. The molecule has 11 heavy (non-hydrogen) atoms. The largest absolute Gasteiger partial charge is 0.398 e. The number of anilines is 1. The Balaban J connectivity index is 3.20. The molecule has 0 bridgehead atoms. The van der Waals surface area contributed by atoms with Gasteiger partial charge < -0.3 is 5.73 Å². The van der Waals surface area contributed by atoms with Gasteiger partial charge in [-0.1, -0.05) is 0 Å². The van der Waals surface area contributed by atoms with Gasteiger partial charge >= 0.3 is 0 Å². The summed E-state index contributed by atoms with van der Waals surface area (Å²) in [6.45, 7) is 1.81. The Morgan fingerprint density at radius 2 is 2.36 bits per heavy atom. The molecule has 4 heteroatoms. The summed E-state index contributed by atoms with van der Waals surface area (Å²) in [5.41, 5.74) is 7.09. The highest BCUT2D eigenvalue weighted by molar-refractivity contribution is 7.97. The van der Waals surface area contributed by atoms with E-state index in [1.807, 2.05) is 6.92 Å². The molecule has 58 valence electrons. The number of rotatable bonds is 1. The molecule has 0 aliphatic heterocycles. The van der Waals surface area contributed by atoms with Crippen molar-refractivity contribution in [3.63, 3.8) is 0 Å². The minimum atomic E-state index is -0.352. The van der Waals surface area contributed by atoms with Gasteiger partial charge in [-0.25, -0.2) is 0 Å². The topological polar surface area (TPSA) is 56.0 Å². The molecule has 0 aromatic carbocycles. The average Bonchev–Trinajstić information content (AvgIpc) is 1.85. The first-order chi connectivity index (χ1) is 5.11. The van der Waals surface area contributed by atoms with Crippen molar-refractivity contribution >= 4 is 23.4 Å². The zero-order chi connectivity index (χ0) is 8.43. The zero-order valence-electron chi connectivity index (χ0n) is 6.03. The SMILES string of the molecule is Cc1cc(N)c(C(=O)S)cn1. The van der Waals surface area contributed by atoms with Crippen LogP contribution < -0.4 is 5.73 Å². The summed E-state index contributed by atoms with van der Waals surface area (Å²) in [7, 11) is 0. The number of aromatic nitrogens is 1. The quantitative estimate of drug-likeness (QED) is 0.616. The van der Waals surface area contributed by atoms with E-state index in [0.717, 1.165) is 5.69 Å². The van der Waals surface area contributed by atoms with Crippen molar-refractivity contribution in [2.45, 2.75) is 6.92 Å². The number of nitrogens with zero attached hydrogens (tertiary/aromatic N) is 1. The van der Waals surface area contributed by atoms with Crippen molar-refractivity contribution in [2.75, 3.05) is 5.73 Å². The number of hydrogen-bond donors (Lipinski definition) is 2. The second kappa shape index (κ2) is 2.92. The summed E-state index contributed by atoms with van der Waals surface area (Å²) in [6, 6.07) is 1.64. The number of nitrogen functional groups attached to an aromatic ring is 1. The summed E-state index contributed by atoms with van der Waals surface area (Å²) in [4.78, 5) is 14.6. The maximum atomic E-state index is 10.7. The molecule has 0 saturated carbocycles. The molecular weight excluding hydrogens is 160 g/mol. The van der Waals surface area contributed by atoms with Gasteiger partial charge in [-0.3, -0.25) is 9.78 Å². The molecule has 0 radical (unpaired) electrons. The Bertz CT molecular complexity index is 298. The summed E-state index contributed by atoms with van der Waals surface area (Å²) in [6.07, 6.45) is 1.43. The van der Waals surface area contributed by atoms with Crippen molar-refractivity contribution in [1.29, 1.82) is 0 Å². The van der Waals surface area contributed by atoms with Crippen molar-refractivity contribution < 1.29 is 4.79 Å². The molecule has 0 aliphatic carbocycles. The molecule has 0 amide bonds. The highest BCUT2D eigenvalue weighted by atomic mass is 32.1. The second-order valence-corrected chi connectivity index (χ2v) is 2.62. The number of pyridine rings is 1. The van der Waals surface area contributed by atoms with Crippen LogP contribution in [0.15, 0.2) is 12.3 Å². The van der Waals surface area contributed by atoms with Crippen LogP contribution in [0.4, 0.5) is 5.69 Å². The van der Waals surface area contributed by atoms with E-state index in [4.69, 9.17) is 5.73 Å². The fourth-order valence-electron chi connectivity index (χ4n) is 0.760. The Hall–Kier alpha value is -1.03. The van der Waals surface area contributed by atoms with E-state index in [1.54, 1.807) is 6.07 Å². The first kappa shape index (κ1) is 8.07. The van der Waals surface area contributed by atoms with Crippen LogP contribution in [0.25, 0.3) is 0 Å². The van der Waals surface area contributed by atoms with Crippen LogP contribution in [-0.2, 0) is 0 Å². The zero-order valence-corrected chi connectivity index (χ0v) is 6.93. The lowest BCUT2D eigenvalue weighted by atomic mass is 10.2. The third-order valence-electron chi connectivity index (χ3n) is 1.30. The molecule has 0 aliphatic rings. The molecule has 2 N–H and O–H groups in total. The molecule has 1 rings (SSSR count). The van der Waals surface area contributed by atoms with Gasteiger partial charge in [-0.2, -0.15) is 0 Å². The first-order valence-corrected chi connectivity index (χ1v) is 3.51. The molecule has 0 fully saturated rings. The van der Waals surface area contributed by atoms with E-state index in [-0.39, 0.29) is 5.12 Å². The monoisotopic (exact) mass is 168 g/mol. The molecule has 0 saturated heterocycles. The fourth-order valence-corrected chi connectivity index (χ4v) is 0.946. The molecule has 1 heterocycles. The molecule has 1 aromatic rings. The predicted molar refractivity (Wildman–Crippen MR) is 46.7 cm³/mol. The van der Waals surface area contributed by atoms with E-state index in [0.29, 0.717) is 11.3 Å². The van der Waals surface area contributed by atoms with Crippen LogP contribution in [-0.4, -0.2) is 10.1 Å². The number of aryl methyl sites for hydroxylation is 1. The third-order valence-corrected chi connectivity index (χ3v) is 1.54. The average molecular weight is 168 g/mol. The molecule has 3 nitrogen and oxygen atoms in total. The number of carbonyl (C=O) groups excluding carboxylic acids is 1. The molecule has 0 unspecified atom stereocenters. The maximum Gasteiger partial charge on any atom is 0.219 e. The number of carbonyl (C=O) groups is 1. The van der Waals surface area contributed by atoms with Gasteiger partial charge in [0.05, 0.1) is 5.56 Å². The van der Waals surface area contributed by atoms with Gasteiger partial charge in [0.2, 0.25) is 5.12 Å². The predicted octanol–water partition coefficient (Wildman–Crippen LogP) is 1.04. The lowest BCUT2D eigenvalue weighted by Crippen LogP contribution is -1.99. The molecule has 0 atom stereocenters. The van der Waals surface area contributed by atoms with Crippen LogP contribution in [0.3, 0.4) is 0 Å². The Labute approximate surface area is 70.0 Å². The van der Waals surface area contributed by atoms with E-state index in [2.05, 4.69) is 17.6 Å².